The Bertz CT molecular complexity index is 519. The van der Waals surface area contributed by atoms with E-state index in [0.717, 1.165) is 24.8 Å². The van der Waals surface area contributed by atoms with Gasteiger partial charge in [-0.1, -0.05) is 23.7 Å². The third kappa shape index (κ3) is 3.54. The molecule has 1 aliphatic carbocycles. The number of aliphatic hydroxyl groups excluding tert-OH is 1. The quantitative estimate of drug-likeness (QED) is 0.874. The highest BCUT2D eigenvalue weighted by Gasteiger charge is 2.36. The fourth-order valence-electron chi connectivity index (χ4n) is 2.90. The number of carbonyl (C=O) groups excluding carboxylic acids is 1. The van der Waals surface area contributed by atoms with Crippen LogP contribution in [0.25, 0.3) is 0 Å². The number of nitrogens with one attached hydrogen (secondary N) is 1. The van der Waals surface area contributed by atoms with Gasteiger partial charge in [-0.2, -0.15) is 0 Å². The van der Waals surface area contributed by atoms with Crippen molar-refractivity contribution in [1.29, 1.82) is 0 Å². The smallest absolute Gasteiger partial charge is 0.318 e. The number of halogens is 1. The summed E-state index contributed by atoms with van der Waals surface area (Å²) in [6.07, 6.45) is 2.69. The van der Waals surface area contributed by atoms with E-state index in [9.17, 15) is 4.79 Å². The van der Waals surface area contributed by atoms with Crippen LogP contribution >= 0.6 is 11.6 Å². The number of ether oxygens (including phenoxy) is 1. The molecule has 2 unspecified atom stereocenters. The first-order chi connectivity index (χ1) is 10.7. The van der Waals surface area contributed by atoms with E-state index in [2.05, 4.69) is 5.32 Å². The molecular weight excluding hydrogens is 304 g/mol. The van der Waals surface area contributed by atoms with Crippen molar-refractivity contribution in [2.24, 2.45) is 0 Å². The predicted molar refractivity (Wildman–Crippen MR) is 83.9 cm³/mol. The zero-order chi connectivity index (χ0) is 15.5. The SMILES string of the molecule is O=C(NC1CCOC1c1ccc(Cl)cc1)N(CCO)C1CC1. The minimum absolute atomic E-state index is 0.00823. The van der Waals surface area contributed by atoms with Gasteiger partial charge in [0.15, 0.2) is 0 Å². The lowest BCUT2D eigenvalue weighted by Crippen LogP contribution is -2.47. The Morgan fingerprint density at radius 1 is 1.32 bits per heavy atom. The molecule has 1 saturated heterocycles. The number of amides is 2. The van der Waals surface area contributed by atoms with Crippen molar-refractivity contribution in [1.82, 2.24) is 10.2 Å². The zero-order valence-electron chi connectivity index (χ0n) is 12.4. The van der Waals surface area contributed by atoms with E-state index >= 15 is 0 Å². The molecule has 0 spiro atoms. The number of carbonyl (C=O) groups is 1. The van der Waals surface area contributed by atoms with Crippen LogP contribution in [0, 0.1) is 0 Å². The first kappa shape index (κ1) is 15.6. The third-order valence-electron chi connectivity index (χ3n) is 4.19. The summed E-state index contributed by atoms with van der Waals surface area (Å²) in [7, 11) is 0. The van der Waals surface area contributed by atoms with Gasteiger partial charge in [0.05, 0.1) is 12.6 Å². The van der Waals surface area contributed by atoms with Crippen LogP contribution in [0.5, 0.6) is 0 Å². The van der Waals surface area contributed by atoms with Crippen LogP contribution in [0.1, 0.15) is 30.9 Å². The molecule has 3 rings (SSSR count). The van der Waals surface area contributed by atoms with Crippen molar-refractivity contribution >= 4 is 17.6 Å². The summed E-state index contributed by atoms with van der Waals surface area (Å²) < 4.78 is 5.78. The Labute approximate surface area is 135 Å². The Morgan fingerprint density at radius 2 is 2.05 bits per heavy atom. The van der Waals surface area contributed by atoms with Crippen molar-refractivity contribution in [3.63, 3.8) is 0 Å². The van der Waals surface area contributed by atoms with Gasteiger partial charge in [0.25, 0.3) is 0 Å². The molecule has 2 amide bonds. The average Bonchev–Trinajstić information content (AvgIpc) is 3.25. The Kier molecular flexibility index (Phi) is 4.86. The molecule has 5 nitrogen and oxygen atoms in total. The molecule has 22 heavy (non-hydrogen) atoms. The Hall–Kier alpha value is -1.30. The molecule has 1 aromatic rings. The fraction of sp³-hybridized carbons (Fsp3) is 0.562. The largest absolute Gasteiger partial charge is 0.395 e. The second-order valence-electron chi connectivity index (χ2n) is 5.84. The number of aliphatic hydroxyl groups is 1. The number of benzene rings is 1. The van der Waals surface area contributed by atoms with E-state index < -0.39 is 0 Å². The van der Waals surface area contributed by atoms with Crippen LogP contribution in [0.3, 0.4) is 0 Å². The number of rotatable bonds is 5. The van der Waals surface area contributed by atoms with Gasteiger partial charge in [-0.3, -0.25) is 0 Å². The average molecular weight is 325 g/mol. The Morgan fingerprint density at radius 3 is 2.68 bits per heavy atom. The maximum atomic E-state index is 12.4. The van der Waals surface area contributed by atoms with Gasteiger partial charge in [0.1, 0.15) is 6.10 Å². The molecule has 0 radical (unpaired) electrons. The summed E-state index contributed by atoms with van der Waals surface area (Å²) in [5.74, 6) is 0. The molecule has 2 aliphatic rings. The van der Waals surface area contributed by atoms with Crippen LogP contribution in [0.2, 0.25) is 5.02 Å². The van der Waals surface area contributed by atoms with Crippen molar-refractivity contribution in [2.45, 2.75) is 37.5 Å². The van der Waals surface area contributed by atoms with Crippen molar-refractivity contribution in [3.05, 3.63) is 34.9 Å². The number of nitrogens with zero attached hydrogens (tertiary/aromatic N) is 1. The molecule has 1 saturated carbocycles. The van der Waals surface area contributed by atoms with Crippen LogP contribution in [-0.4, -0.2) is 47.9 Å². The zero-order valence-corrected chi connectivity index (χ0v) is 13.1. The van der Waals surface area contributed by atoms with Gasteiger partial charge in [-0.15, -0.1) is 0 Å². The van der Waals surface area contributed by atoms with Crippen molar-refractivity contribution in [2.75, 3.05) is 19.8 Å². The second kappa shape index (κ2) is 6.86. The molecule has 2 fully saturated rings. The Balaban J connectivity index is 1.65. The maximum absolute atomic E-state index is 12.4. The lowest BCUT2D eigenvalue weighted by Gasteiger charge is -2.26. The second-order valence-corrected chi connectivity index (χ2v) is 6.27. The first-order valence-corrected chi connectivity index (χ1v) is 8.12. The number of urea groups is 1. The minimum Gasteiger partial charge on any atom is -0.395 e. The van der Waals surface area contributed by atoms with Gasteiger partial charge in [0.2, 0.25) is 0 Å². The van der Waals surface area contributed by atoms with Crippen molar-refractivity contribution < 1.29 is 14.6 Å². The molecule has 2 N–H and O–H groups in total. The summed E-state index contributed by atoms with van der Waals surface area (Å²) >= 11 is 5.92. The number of hydrogen-bond donors (Lipinski definition) is 2. The molecule has 1 aliphatic heterocycles. The summed E-state index contributed by atoms with van der Waals surface area (Å²) in [6.45, 7) is 1.00. The molecule has 120 valence electrons. The minimum atomic E-state index is -0.142. The van der Waals surface area contributed by atoms with Gasteiger partial charge in [-0.05, 0) is 37.0 Å². The lowest BCUT2D eigenvalue weighted by molar-refractivity contribution is 0.0972. The number of hydrogen-bond acceptors (Lipinski definition) is 3. The van der Waals surface area contributed by atoms with E-state index in [1.807, 2.05) is 24.3 Å². The molecule has 0 aromatic heterocycles. The molecule has 0 bridgehead atoms. The normalized spacial score (nSPS) is 24.3. The summed E-state index contributed by atoms with van der Waals surface area (Å²) in [4.78, 5) is 14.2. The molecular formula is C16H21ClN2O3. The van der Waals surface area contributed by atoms with E-state index in [1.165, 1.54) is 0 Å². The van der Waals surface area contributed by atoms with E-state index in [4.69, 9.17) is 21.4 Å². The fourth-order valence-corrected chi connectivity index (χ4v) is 3.03. The van der Waals surface area contributed by atoms with Crippen molar-refractivity contribution in [3.8, 4) is 0 Å². The molecule has 1 aromatic carbocycles. The lowest BCUT2D eigenvalue weighted by atomic mass is 10.0. The molecule has 6 heteroatoms. The highest BCUT2D eigenvalue weighted by atomic mass is 35.5. The summed E-state index contributed by atoms with van der Waals surface area (Å²) in [6, 6.07) is 7.66. The van der Waals surface area contributed by atoms with Crippen LogP contribution in [-0.2, 0) is 4.74 Å². The maximum Gasteiger partial charge on any atom is 0.318 e. The summed E-state index contributed by atoms with van der Waals surface area (Å²) in [5, 5.41) is 12.9. The van der Waals surface area contributed by atoms with Gasteiger partial charge in [0, 0.05) is 24.2 Å². The van der Waals surface area contributed by atoms with Gasteiger partial charge >= 0.3 is 6.03 Å². The van der Waals surface area contributed by atoms with Gasteiger partial charge < -0.3 is 20.1 Å². The van der Waals surface area contributed by atoms with E-state index in [-0.39, 0.29) is 30.8 Å². The van der Waals surface area contributed by atoms with E-state index in [1.54, 1.807) is 4.90 Å². The first-order valence-electron chi connectivity index (χ1n) is 7.74. The molecule has 1 heterocycles. The summed E-state index contributed by atoms with van der Waals surface area (Å²) in [5.41, 5.74) is 1.02. The predicted octanol–water partition coefficient (Wildman–Crippen LogP) is 2.34. The van der Waals surface area contributed by atoms with Crippen LogP contribution in [0.4, 0.5) is 4.79 Å². The van der Waals surface area contributed by atoms with E-state index in [0.29, 0.717) is 18.2 Å². The highest BCUT2D eigenvalue weighted by Crippen LogP contribution is 2.31. The van der Waals surface area contributed by atoms with Gasteiger partial charge in [-0.25, -0.2) is 4.79 Å². The molecule has 2 atom stereocenters. The monoisotopic (exact) mass is 324 g/mol. The van der Waals surface area contributed by atoms with Crippen LogP contribution < -0.4 is 5.32 Å². The van der Waals surface area contributed by atoms with Crippen LogP contribution in [0.15, 0.2) is 24.3 Å². The highest BCUT2D eigenvalue weighted by molar-refractivity contribution is 6.30. The standard InChI is InChI=1S/C16H21ClN2O3/c17-12-3-1-11(2-4-12)15-14(7-10-22-15)18-16(21)19(8-9-20)13-5-6-13/h1-4,13-15,20H,5-10H2,(H,18,21). The third-order valence-corrected chi connectivity index (χ3v) is 4.44. The topological polar surface area (TPSA) is 61.8 Å².